The number of carbonyl (C=O) groups excluding carboxylic acids is 1. The fourth-order valence-corrected chi connectivity index (χ4v) is 1.44. The van der Waals surface area contributed by atoms with Crippen LogP contribution < -0.4 is 0 Å². The molecule has 0 atom stereocenters. The van der Waals surface area contributed by atoms with E-state index in [1.165, 1.54) is 7.11 Å². The van der Waals surface area contributed by atoms with E-state index in [1.54, 1.807) is 0 Å². The average Bonchev–Trinajstić information content (AvgIpc) is 2.30. The molecule has 1 rings (SSSR count). The Balaban J connectivity index is 2.47. The summed E-state index contributed by atoms with van der Waals surface area (Å²) in [5.74, 6) is -3.35. The molecule has 5 heteroatoms. The number of carbonyl (C=O) groups is 1. The van der Waals surface area contributed by atoms with Crippen molar-refractivity contribution in [1.82, 2.24) is 0 Å². The zero-order valence-corrected chi connectivity index (χ0v) is 9.43. The second-order valence-electron chi connectivity index (χ2n) is 3.64. The second kappa shape index (κ2) is 6.27. The monoisotopic (exact) mass is 246 g/mol. The zero-order chi connectivity index (χ0) is 12.8. The number of unbranched alkanes of at least 4 members (excludes halogenated alkanes) is 1. The minimum Gasteiger partial charge on any atom is -0.469 e. The highest BCUT2D eigenvalue weighted by Crippen LogP contribution is 2.16. The molecule has 0 saturated carbocycles. The van der Waals surface area contributed by atoms with Crippen LogP contribution in [0.4, 0.5) is 13.2 Å². The predicted molar refractivity (Wildman–Crippen MR) is 55.9 cm³/mol. The number of hydrogen-bond donors (Lipinski definition) is 0. The third kappa shape index (κ3) is 4.09. The van der Waals surface area contributed by atoms with Crippen molar-refractivity contribution in [3.8, 4) is 0 Å². The molecule has 0 amide bonds. The number of esters is 1. The molecular weight excluding hydrogens is 233 g/mol. The van der Waals surface area contributed by atoms with Crippen molar-refractivity contribution in [2.75, 3.05) is 7.11 Å². The quantitative estimate of drug-likeness (QED) is 0.453. The Morgan fingerprint density at radius 1 is 1.12 bits per heavy atom. The predicted octanol–water partition coefficient (Wildman–Crippen LogP) is 2.99. The maximum Gasteiger partial charge on any atom is 0.305 e. The smallest absolute Gasteiger partial charge is 0.305 e. The van der Waals surface area contributed by atoms with Crippen LogP contribution in [-0.2, 0) is 16.0 Å². The van der Waals surface area contributed by atoms with E-state index in [0.717, 1.165) is 6.07 Å². The molecule has 0 aliphatic heterocycles. The summed E-state index contributed by atoms with van der Waals surface area (Å²) in [6.45, 7) is 0. The highest BCUT2D eigenvalue weighted by molar-refractivity contribution is 5.68. The summed E-state index contributed by atoms with van der Waals surface area (Å²) in [4.78, 5) is 10.8. The zero-order valence-electron chi connectivity index (χ0n) is 9.43. The lowest BCUT2D eigenvalue weighted by molar-refractivity contribution is -0.140. The maximum atomic E-state index is 13.2. The molecule has 0 N–H and O–H groups in total. The van der Waals surface area contributed by atoms with Gasteiger partial charge >= 0.3 is 5.97 Å². The molecular formula is C12H13F3O2. The van der Waals surface area contributed by atoms with Gasteiger partial charge in [-0.3, -0.25) is 4.79 Å². The Labute approximate surface area is 97.4 Å². The van der Waals surface area contributed by atoms with E-state index in [9.17, 15) is 18.0 Å². The molecule has 1 aromatic carbocycles. The van der Waals surface area contributed by atoms with Gasteiger partial charge in [0.05, 0.1) is 7.11 Å². The highest BCUT2D eigenvalue weighted by atomic mass is 19.2. The van der Waals surface area contributed by atoms with Gasteiger partial charge in [0, 0.05) is 12.5 Å². The topological polar surface area (TPSA) is 26.3 Å². The summed E-state index contributed by atoms with van der Waals surface area (Å²) >= 11 is 0. The standard InChI is InChI=1S/C12H13F3O2/c1-17-12(16)5-3-2-4-8-6-10(14)11(15)7-9(8)13/h6-7H,2-5H2,1H3. The molecule has 0 saturated heterocycles. The fraction of sp³-hybridized carbons (Fsp3) is 0.417. The van der Waals surface area contributed by atoms with Crippen molar-refractivity contribution in [2.24, 2.45) is 0 Å². The SMILES string of the molecule is COC(=O)CCCCc1cc(F)c(F)cc1F. The van der Waals surface area contributed by atoms with Crippen LogP contribution in [0.5, 0.6) is 0 Å². The van der Waals surface area contributed by atoms with E-state index in [4.69, 9.17) is 0 Å². The molecule has 2 nitrogen and oxygen atoms in total. The van der Waals surface area contributed by atoms with E-state index in [0.29, 0.717) is 18.9 Å². The van der Waals surface area contributed by atoms with Crippen LogP contribution in [-0.4, -0.2) is 13.1 Å². The Hall–Kier alpha value is -1.52. The Kier molecular flexibility index (Phi) is 5.00. The number of methoxy groups -OCH3 is 1. The second-order valence-corrected chi connectivity index (χ2v) is 3.64. The minimum atomic E-state index is -1.19. The van der Waals surface area contributed by atoms with Crippen LogP contribution in [0, 0.1) is 17.5 Å². The van der Waals surface area contributed by atoms with Gasteiger partial charge < -0.3 is 4.74 Å². The molecule has 17 heavy (non-hydrogen) atoms. The number of rotatable bonds is 5. The lowest BCUT2D eigenvalue weighted by Crippen LogP contribution is -2.01. The number of benzene rings is 1. The number of hydrogen-bond acceptors (Lipinski definition) is 2. The average molecular weight is 246 g/mol. The van der Waals surface area contributed by atoms with Gasteiger partial charge in [-0.05, 0) is 30.9 Å². The fourth-order valence-electron chi connectivity index (χ4n) is 1.44. The van der Waals surface area contributed by atoms with Gasteiger partial charge in [0.1, 0.15) is 5.82 Å². The molecule has 0 aliphatic rings. The van der Waals surface area contributed by atoms with Crippen LogP contribution >= 0.6 is 0 Å². The molecule has 0 aromatic heterocycles. The Bertz CT molecular complexity index is 405. The first kappa shape index (κ1) is 13.5. The largest absolute Gasteiger partial charge is 0.469 e. The lowest BCUT2D eigenvalue weighted by atomic mass is 10.1. The first-order valence-electron chi connectivity index (χ1n) is 5.25. The minimum absolute atomic E-state index is 0.119. The van der Waals surface area contributed by atoms with E-state index in [1.807, 2.05) is 0 Å². The number of ether oxygens (including phenoxy) is 1. The highest BCUT2D eigenvalue weighted by Gasteiger charge is 2.09. The molecule has 0 unspecified atom stereocenters. The van der Waals surface area contributed by atoms with E-state index in [2.05, 4.69) is 4.74 Å². The Morgan fingerprint density at radius 3 is 2.41 bits per heavy atom. The molecule has 0 fully saturated rings. The summed E-state index contributed by atoms with van der Waals surface area (Å²) in [5.41, 5.74) is 0.119. The summed E-state index contributed by atoms with van der Waals surface area (Å²) in [7, 11) is 1.29. The van der Waals surface area contributed by atoms with Crippen molar-refractivity contribution in [2.45, 2.75) is 25.7 Å². The van der Waals surface area contributed by atoms with Gasteiger partial charge in [-0.25, -0.2) is 13.2 Å². The van der Waals surface area contributed by atoms with Crippen LogP contribution in [0.2, 0.25) is 0 Å². The summed E-state index contributed by atoms with van der Waals surface area (Å²) in [6.07, 6.45) is 1.53. The van der Waals surface area contributed by atoms with Crippen LogP contribution in [0.1, 0.15) is 24.8 Å². The van der Waals surface area contributed by atoms with Crippen molar-refractivity contribution in [3.63, 3.8) is 0 Å². The summed E-state index contributed by atoms with van der Waals surface area (Å²) in [5, 5.41) is 0. The first-order chi connectivity index (χ1) is 8.04. The van der Waals surface area contributed by atoms with Crippen LogP contribution in [0.15, 0.2) is 12.1 Å². The Morgan fingerprint density at radius 2 is 1.76 bits per heavy atom. The number of halogens is 3. The normalized spacial score (nSPS) is 10.4. The molecule has 1 aromatic rings. The molecule has 94 valence electrons. The van der Waals surface area contributed by atoms with Gasteiger partial charge in [-0.1, -0.05) is 0 Å². The van der Waals surface area contributed by atoms with E-state index in [-0.39, 0.29) is 24.4 Å². The summed E-state index contributed by atoms with van der Waals surface area (Å²) < 4.78 is 43.1. The van der Waals surface area contributed by atoms with Crippen molar-refractivity contribution in [1.29, 1.82) is 0 Å². The van der Waals surface area contributed by atoms with E-state index < -0.39 is 17.5 Å². The third-order valence-electron chi connectivity index (χ3n) is 2.39. The van der Waals surface area contributed by atoms with Crippen molar-refractivity contribution in [3.05, 3.63) is 35.1 Å². The van der Waals surface area contributed by atoms with Gasteiger partial charge in [0.2, 0.25) is 0 Å². The van der Waals surface area contributed by atoms with Crippen molar-refractivity contribution >= 4 is 5.97 Å². The van der Waals surface area contributed by atoms with Gasteiger partial charge in [-0.15, -0.1) is 0 Å². The molecule has 0 heterocycles. The number of aryl methyl sites for hydroxylation is 1. The van der Waals surface area contributed by atoms with Crippen LogP contribution in [0.25, 0.3) is 0 Å². The maximum absolute atomic E-state index is 13.2. The first-order valence-corrected chi connectivity index (χ1v) is 5.25. The van der Waals surface area contributed by atoms with Gasteiger partial charge in [0.15, 0.2) is 11.6 Å². The molecule has 0 spiro atoms. The van der Waals surface area contributed by atoms with Gasteiger partial charge in [-0.2, -0.15) is 0 Å². The lowest BCUT2D eigenvalue weighted by Gasteiger charge is -2.04. The van der Waals surface area contributed by atoms with Gasteiger partial charge in [0.25, 0.3) is 0 Å². The molecule has 0 bridgehead atoms. The molecule has 0 radical (unpaired) electrons. The van der Waals surface area contributed by atoms with Crippen LogP contribution in [0.3, 0.4) is 0 Å². The third-order valence-corrected chi connectivity index (χ3v) is 2.39. The van der Waals surface area contributed by atoms with Crippen molar-refractivity contribution < 1.29 is 22.7 Å². The summed E-state index contributed by atoms with van der Waals surface area (Å²) in [6, 6.07) is 1.38. The molecule has 0 aliphatic carbocycles. The van der Waals surface area contributed by atoms with E-state index >= 15 is 0 Å².